The van der Waals surface area contributed by atoms with E-state index in [1.807, 2.05) is 24.4 Å². The summed E-state index contributed by atoms with van der Waals surface area (Å²) in [4.78, 5) is 4.50. The van der Waals surface area contributed by atoms with E-state index in [4.69, 9.17) is 0 Å². The molecule has 1 saturated carbocycles. The van der Waals surface area contributed by atoms with Gasteiger partial charge in [-0.3, -0.25) is 4.98 Å². The van der Waals surface area contributed by atoms with Crippen LogP contribution in [0.4, 0.5) is 0 Å². The highest BCUT2D eigenvalue weighted by atomic mass is 16.3. The van der Waals surface area contributed by atoms with Gasteiger partial charge in [0, 0.05) is 17.1 Å². The van der Waals surface area contributed by atoms with E-state index in [2.05, 4.69) is 31.0 Å². The monoisotopic (exact) mass is 255 g/mol. The van der Waals surface area contributed by atoms with Crippen molar-refractivity contribution in [1.29, 1.82) is 0 Å². The number of rotatable bonds is 1. The van der Waals surface area contributed by atoms with Crippen LogP contribution in [-0.4, -0.2) is 10.1 Å². The van der Waals surface area contributed by atoms with Gasteiger partial charge in [-0.05, 0) is 30.7 Å². The van der Waals surface area contributed by atoms with Crippen molar-refractivity contribution < 1.29 is 5.11 Å². The molecule has 1 N–H and O–H groups in total. The maximum Gasteiger partial charge on any atom is 0.0945 e. The summed E-state index contributed by atoms with van der Waals surface area (Å²) in [6, 6.07) is 10.1. The molecule has 3 atom stereocenters. The second-order valence-corrected chi connectivity index (χ2v) is 5.96. The van der Waals surface area contributed by atoms with Crippen molar-refractivity contribution in [3.63, 3.8) is 0 Å². The first-order chi connectivity index (χ1) is 9.13. The molecule has 1 aliphatic carbocycles. The molecule has 1 aliphatic rings. The minimum absolute atomic E-state index is 0.272. The molecule has 100 valence electrons. The summed E-state index contributed by atoms with van der Waals surface area (Å²) in [5.41, 5.74) is 1.23. The Morgan fingerprint density at radius 2 is 2.00 bits per heavy atom. The van der Waals surface area contributed by atoms with Gasteiger partial charge in [0.15, 0.2) is 0 Å². The third-order valence-corrected chi connectivity index (χ3v) is 4.92. The number of hydrogen-bond donors (Lipinski definition) is 1. The van der Waals surface area contributed by atoms with Crippen LogP contribution in [0.1, 0.15) is 38.7 Å². The van der Waals surface area contributed by atoms with Crippen LogP contribution in [0, 0.1) is 11.8 Å². The average Bonchev–Trinajstić information content (AvgIpc) is 2.44. The summed E-state index contributed by atoms with van der Waals surface area (Å²) in [5.74, 6) is 0.826. The molecule has 0 radical (unpaired) electrons. The third-order valence-electron chi connectivity index (χ3n) is 4.92. The number of hydrogen-bond acceptors (Lipinski definition) is 2. The molecule has 2 heteroatoms. The van der Waals surface area contributed by atoms with Crippen molar-refractivity contribution in [2.75, 3.05) is 0 Å². The maximum atomic E-state index is 11.2. The Labute approximate surface area is 114 Å². The van der Waals surface area contributed by atoms with Gasteiger partial charge in [0.2, 0.25) is 0 Å². The first-order valence-electron chi connectivity index (χ1n) is 7.19. The zero-order chi connectivity index (χ0) is 13.5. The number of aliphatic hydroxyl groups is 1. The quantitative estimate of drug-likeness (QED) is 0.839. The van der Waals surface area contributed by atoms with Gasteiger partial charge in [0.1, 0.15) is 0 Å². The first kappa shape index (κ1) is 12.6. The molecule has 1 heterocycles. The second-order valence-electron chi connectivity index (χ2n) is 5.96. The van der Waals surface area contributed by atoms with Gasteiger partial charge >= 0.3 is 0 Å². The molecule has 19 heavy (non-hydrogen) atoms. The minimum Gasteiger partial charge on any atom is -0.385 e. The van der Waals surface area contributed by atoms with E-state index in [-0.39, 0.29) is 5.92 Å². The lowest BCUT2D eigenvalue weighted by Crippen LogP contribution is -2.40. The minimum atomic E-state index is -0.731. The molecule has 0 saturated heterocycles. The Morgan fingerprint density at radius 1 is 1.21 bits per heavy atom. The molecule has 0 amide bonds. The topological polar surface area (TPSA) is 33.1 Å². The molecule has 1 fully saturated rings. The fourth-order valence-electron chi connectivity index (χ4n) is 3.48. The van der Waals surface area contributed by atoms with Crippen molar-refractivity contribution in [3.8, 4) is 0 Å². The van der Waals surface area contributed by atoms with Gasteiger partial charge in [-0.2, -0.15) is 0 Å². The van der Waals surface area contributed by atoms with Crippen molar-refractivity contribution in [2.24, 2.45) is 11.8 Å². The van der Waals surface area contributed by atoms with Crippen LogP contribution in [0.3, 0.4) is 0 Å². The van der Waals surface area contributed by atoms with Crippen LogP contribution < -0.4 is 0 Å². The van der Waals surface area contributed by atoms with E-state index in [1.165, 1.54) is 6.42 Å². The molecule has 3 rings (SSSR count). The van der Waals surface area contributed by atoms with Crippen molar-refractivity contribution >= 4 is 10.9 Å². The lowest BCUT2D eigenvalue weighted by molar-refractivity contribution is -0.0678. The fourth-order valence-corrected chi connectivity index (χ4v) is 3.48. The van der Waals surface area contributed by atoms with Crippen molar-refractivity contribution in [2.45, 2.75) is 38.7 Å². The fraction of sp³-hybridized carbons (Fsp3) is 0.471. The Kier molecular flexibility index (Phi) is 3.06. The summed E-state index contributed by atoms with van der Waals surface area (Å²) < 4.78 is 0. The molecule has 1 aromatic carbocycles. The van der Waals surface area contributed by atoms with E-state index in [0.717, 1.165) is 29.3 Å². The highest BCUT2D eigenvalue weighted by Crippen LogP contribution is 2.45. The van der Waals surface area contributed by atoms with Gasteiger partial charge in [0.25, 0.3) is 0 Å². The number of fused-ring (bicyclic) bond motifs is 1. The van der Waals surface area contributed by atoms with E-state index in [1.54, 1.807) is 0 Å². The number of nitrogens with zero attached hydrogens (tertiary/aromatic N) is 1. The normalized spacial score (nSPS) is 31.5. The van der Waals surface area contributed by atoms with Crippen LogP contribution in [0.2, 0.25) is 0 Å². The molecule has 2 nitrogen and oxygen atoms in total. The molecule has 0 aliphatic heterocycles. The predicted octanol–water partition coefficient (Wildman–Crippen LogP) is 3.88. The van der Waals surface area contributed by atoms with Gasteiger partial charge in [-0.25, -0.2) is 0 Å². The molecule has 2 aromatic rings. The first-order valence-corrected chi connectivity index (χ1v) is 7.19. The summed E-state index contributed by atoms with van der Waals surface area (Å²) in [5, 5.41) is 12.3. The van der Waals surface area contributed by atoms with Crippen LogP contribution in [-0.2, 0) is 5.60 Å². The van der Waals surface area contributed by atoms with Crippen LogP contribution in [0.25, 0.3) is 10.9 Å². The van der Waals surface area contributed by atoms with E-state index in [0.29, 0.717) is 5.92 Å². The summed E-state index contributed by atoms with van der Waals surface area (Å²) in [7, 11) is 0. The molecule has 0 bridgehead atoms. The zero-order valence-electron chi connectivity index (χ0n) is 11.6. The van der Waals surface area contributed by atoms with Crippen LogP contribution >= 0.6 is 0 Å². The van der Waals surface area contributed by atoms with Gasteiger partial charge < -0.3 is 5.11 Å². The summed E-state index contributed by atoms with van der Waals surface area (Å²) in [6.45, 7) is 4.42. The Balaban J connectivity index is 2.18. The molecule has 1 aromatic heterocycles. The number of aromatic nitrogens is 1. The molecule has 0 spiro atoms. The maximum absolute atomic E-state index is 11.2. The second kappa shape index (κ2) is 4.61. The Hall–Kier alpha value is -1.41. The van der Waals surface area contributed by atoms with Crippen molar-refractivity contribution in [3.05, 3.63) is 42.1 Å². The summed E-state index contributed by atoms with van der Waals surface area (Å²) in [6.07, 6.45) is 4.95. The summed E-state index contributed by atoms with van der Waals surface area (Å²) >= 11 is 0. The average molecular weight is 255 g/mol. The van der Waals surface area contributed by atoms with Gasteiger partial charge in [-0.1, -0.05) is 44.5 Å². The Bertz CT molecular complexity index is 589. The zero-order valence-corrected chi connectivity index (χ0v) is 11.6. The lowest BCUT2D eigenvalue weighted by atomic mass is 9.67. The van der Waals surface area contributed by atoms with E-state index < -0.39 is 5.60 Å². The Morgan fingerprint density at radius 3 is 2.84 bits per heavy atom. The van der Waals surface area contributed by atoms with E-state index >= 15 is 0 Å². The van der Waals surface area contributed by atoms with E-state index in [9.17, 15) is 5.11 Å². The molecular formula is C17H21NO. The standard InChI is InChI=1S/C17H21NO/c1-12-6-4-10-17(19,13(12)2)15-9-3-7-14-8-5-11-18-16(14)15/h3,5,7-9,11-13,19H,4,6,10H2,1-2H3. The largest absolute Gasteiger partial charge is 0.385 e. The highest BCUT2D eigenvalue weighted by molar-refractivity contribution is 5.82. The lowest BCUT2D eigenvalue weighted by Gasteiger charge is -2.42. The number of pyridine rings is 1. The highest BCUT2D eigenvalue weighted by Gasteiger charge is 2.42. The smallest absolute Gasteiger partial charge is 0.0945 e. The van der Waals surface area contributed by atoms with Crippen LogP contribution in [0.15, 0.2) is 36.5 Å². The predicted molar refractivity (Wildman–Crippen MR) is 77.8 cm³/mol. The third kappa shape index (κ3) is 1.95. The van der Waals surface area contributed by atoms with Gasteiger partial charge in [0.05, 0.1) is 11.1 Å². The number of benzene rings is 1. The molecule has 3 unspecified atom stereocenters. The van der Waals surface area contributed by atoms with Crippen LogP contribution in [0.5, 0.6) is 0 Å². The SMILES string of the molecule is CC1CCCC(O)(c2cccc3cccnc23)C1C. The number of para-hydroxylation sites is 1. The van der Waals surface area contributed by atoms with Gasteiger partial charge in [-0.15, -0.1) is 0 Å². The molecular weight excluding hydrogens is 234 g/mol. The van der Waals surface area contributed by atoms with Crippen molar-refractivity contribution in [1.82, 2.24) is 4.98 Å².